The summed E-state index contributed by atoms with van der Waals surface area (Å²) in [5.74, 6) is 0. The number of rotatable bonds is 22. The Balaban J connectivity index is 5.00. The molecule has 0 heterocycles. The van der Waals surface area contributed by atoms with Crippen LogP contribution in [0.4, 0.5) is 0 Å². The molecule has 0 aliphatic heterocycles. The van der Waals surface area contributed by atoms with Gasteiger partial charge in [0, 0.05) is 26.4 Å². The summed E-state index contributed by atoms with van der Waals surface area (Å²) in [7, 11) is 0. The maximum atomic E-state index is 9.88. The summed E-state index contributed by atoms with van der Waals surface area (Å²) >= 11 is 0. The summed E-state index contributed by atoms with van der Waals surface area (Å²) < 4.78 is 30.0. The summed E-state index contributed by atoms with van der Waals surface area (Å²) in [6.07, 6.45) is 6.61. The lowest BCUT2D eigenvalue weighted by Crippen LogP contribution is -2.45. The average Bonchev–Trinajstić information content (AvgIpc) is 2.72. The predicted octanol–water partition coefficient (Wildman–Crippen LogP) is 4.71. The highest BCUT2D eigenvalue weighted by Gasteiger charge is 2.30. The van der Waals surface area contributed by atoms with Gasteiger partial charge >= 0.3 is 0 Å². The third-order valence-electron chi connectivity index (χ3n) is 4.73. The van der Waals surface area contributed by atoms with Gasteiger partial charge in [-0.15, -0.1) is 0 Å². The largest absolute Gasteiger partial charge is 0.394 e. The van der Waals surface area contributed by atoms with Crippen LogP contribution in [0.5, 0.6) is 0 Å². The topological polar surface area (TPSA) is 66.4 Å². The Morgan fingerprint density at radius 2 is 1.17 bits per heavy atom. The Hall–Kier alpha value is -0.240. The van der Waals surface area contributed by atoms with Gasteiger partial charge in [-0.3, -0.25) is 0 Å². The molecule has 0 bridgehead atoms. The molecule has 0 aromatic rings. The Morgan fingerprint density at radius 1 is 0.655 bits per heavy atom. The van der Waals surface area contributed by atoms with Crippen LogP contribution in [-0.4, -0.2) is 69.3 Å². The summed E-state index contributed by atoms with van der Waals surface area (Å²) in [5, 5.41) is 9.88. The highest BCUT2D eigenvalue weighted by molar-refractivity contribution is 4.71. The van der Waals surface area contributed by atoms with E-state index in [1.54, 1.807) is 0 Å². The van der Waals surface area contributed by atoms with Crippen LogP contribution < -0.4 is 0 Å². The molecule has 4 atom stereocenters. The van der Waals surface area contributed by atoms with Crippen molar-refractivity contribution in [3.63, 3.8) is 0 Å². The molecule has 0 radical (unpaired) electrons. The van der Waals surface area contributed by atoms with Crippen molar-refractivity contribution in [3.05, 3.63) is 0 Å². The Labute approximate surface area is 179 Å². The monoisotopic (exact) mass is 420 g/mol. The van der Waals surface area contributed by atoms with Crippen molar-refractivity contribution >= 4 is 0 Å². The molecule has 6 nitrogen and oxygen atoms in total. The van der Waals surface area contributed by atoms with Crippen LogP contribution >= 0.6 is 0 Å². The summed E-state index contributed by atoms with van der Waals surface area (Å²) in [6.45, 7) is 13.4. The number of unbranched alkanes of at least 4 members (excludes halogenated alkanes) is 4. The first-order valence-corrected chi connectivity index (χ1v) is 11.8. The predicted molar refractivity (Wildman–Crippen MR) is 117 cm³/mol. The van der Waals surface area contributed by atoms with Crippen LogP contribution in [0.25, 0.3) is 0 Å². The van der Waals surface area contributed by atoms with Crippen LogP contribution in [-0.2, 0) is 23.7 Å². The lowest BCUT2D eigenvalue weighted by atomic mass is 10.2. The number of aliphatic hydroxyl groups is 1. The normalized spacial score (nSPS) is 15.9. The van der Waals surface area contributed by atoms with Crippen molar-refractivity contribution in [2.75, 3.05) is 39.6 Å². The van der Waals surface area contributed by atoms with Crippen LogP contribution in [0.1, 0.15) is 86.0 Å². The van der Waals surface area contributed by atoms with Gasteiger partial charge in [-0.05, 0) is 32.6 Å². The zero-order valence-electron chi connectivity index (χ0n) is 19.7. The van der Waals surface area contributed by atoms with Crippen molar-refractivity contribution in [1.82, 2.24) is 0 Å². The summed E-state index contributed by atoms with van der Waals surface area (Å²) in [6, 6.07) is 0. The number of ether oxygens (including phenoxy) is 5. The maximum absolute atomic E-state index is 9.88. The molecule has 0 amide bonds. The second kappa shape index (κ2) is 21.0. The van der Waals surface area contributed by atoms with Gasteiger partial charge in [0.15, 0.2) is 6.29 Å². The molecule has 0 rings (SSSR count). The lowest BCUT2D eigenvalue weighted by Gasteiger charge is -2.32. The van der Waals surface area contributed by atoms with E-state index < -0.39 is 12.4 Å². The van der Waals surface area contributed by atoms with Crippen LogP contribution in [0.3, 0.4) is 0 Å². The lowest BCUT2D eigenvalue weighted by molar-refractivity contribution is -0.255. The van der Waals surface area contributed by atoms with E-state index in [0.717, 1.165) is 51.4 Å². The van der Waals surface area contributed by atoms with Gasteiger partial charge in [0.2, 0.25) is 0 Å². The summed E-state index contributed by atoms with van der Waals surface area (Å²) in [5.41, 5.74) is 0. The molecule has 0 aromatic carbocycles. The van der Waals surface area contributed by atoms with Crippen molar-refractivity contribution in [2.24, 2.45) is 0 Å². The third kappa shape index (κ3) is 15.2. The number of hydrogen-bond acceptors (Lipinski definition) is 6. The number of aliphatic hydroxyl groups excluding tert-OH is 1. The zero-order chi connectivity index (χ0) is 21.7. The SMILES string of the molecule is CCCCOC[C@H](OCCCC)[C@H](OCCCC)OC(CO)[C@H](C)OCCCC. The third-order valence-corrected chi connectivity index (χ3v) is 4.73. The fourth-order valence-corrected chi connectivity index (χ4v) is 2.60. The van der Waals surface area contributed by atoms with Gasteiger partial charge in [0.25, 0.3) is 0 Å². The van der Waals surface area contributed by atoms with E-state index in [0.29, 0.717) is 33.0 Å². The maximum Gasteiger partial charge on any atom is 0.186 e. The zero-order valence-corrected chi connectivity index (χ0v) is 19.7. The second-order valence-electron chi connectivity index (χ2n) is 7.57. The molecule has 1 N–H and O–H groups in total. The Morgan fingerprint density at radius 3 is 1.72 bits per heavy atom. The van der Waals surface area contributed by atoms with Gasteiger partial charge < -0.3 is 28.8 Å². The minimum atomic E-state index is -0.589. The Kier molecular flexibility index (Phi) is 20.8. The first-order valence-electron chi connectivity index (χ1n) is 11.8. The van der Waals surface area contributed by atoms with E-state index in [2.05, 4.69) is 27.7 Å². The fourth-order valence-electron chi connectivity index (χ4n) is 2.60. The molecule has 0 fully saturated rings. The fraction of sp³-hybridized carbons (Fsp3) is 1.00. The molecule has 0 spiro atoms. The molecule has 0 saturated carbocycles. The molecule has 176 valence electrons. The smallest absolute Gasteiger partial charge is 0.186 e. The van der Waals surface area contributed by atoms with E-state index in [-0.39, 0.29) is 18.8 Å². The van der Waals surface area contributed by atoms with E-state index in [9.17, 15) is 5.11 Å². The van der Waals surface area contributed by atoms with Crippen molar-refractivity contribution in [3.8, 4) is 0 Å². The standard InChI is InChI=1S/C23H48O6/c1-6-10-14-25-19-22(27-16-12-8-3)23(28-17-13-9-4)29-21(18-24)20(5)26-15-11-7-2/h20-24H,6-19H2,1-5H3/t20-,21?,22-,23+/m0/s1. The summed E-state index contributed by atoms with van der Waals surface area (Å²) in [4.78, 5) is 0. The van der Waals surface area contributed by atoms with Gasteiger partial charge in [0.1, 0.15) is 12.2 Å². The molecule has 29 heavy (non-hydrogen) atoms. The van der Waals surface area contributed by atoms with Crippen LogP contribution in [0.2, 0.25) is 0 Å². The minimum Gasteiger partial charge on any atom is -0.394 e. The first-order chi connectivity index (χ1) is 14.1. The Bertz CT molecular complexity index is 328. The molecule has 0 saturated heterocycles. The van der Waals surface area contributed by atoms with Crippen molar-refractivity contribution in [2.45, 2.75) is 111 Å². The molecule has 0 aliphatic carbocycles. The minimum absolute atomic E-state index is 0.126. The van der Waals surface area contributed by atoms with E-state index in [1.807, 2.05) is 6.92 Å². The highest BCUT2D eigenvalue weighted by Crippen LogP contribution is 2.16. The number of hydrogen-bond donors (Lipinski definition) is 1. The molecule has 0 aliphatic rings. The van der Waals surface area contributed by atoms with Crippen molar-refractivity contribution < 1.29 is 28.8 Å². The molecule has 0 aromatic heterocycles. The second-order valence-corrected chi connectivity index (χ2v) is 7.57. The van der Waals surface area contributed by atoms with Gasteiger partial charge in [-0.25, -0.2) is 0 Å². The first kappa shape index (κ1) is 28.8. The van der Waals surface area contributed by atoms with Gasteiger partial charge in [0.05, 0.1) is 19.3 Å². The van der Waals surface area contributed by atoms with Crippen LogP contribution in [0, 0.1) is 0 Å². The molecular weight excluding hydrogens is 372 g/mol. The van der Waals surface area contributed by atoms with E-state index >= 15 is 0 Å². The molecule has 1 unspecified atom stereocenters. The van der Waals surface area contributed by atoms with E-state index in [4.69, 9.17) is 23.7 Å². The molecular formula is C23H48O6. The molecule has 6 heteroatoms. The van der Waals surface area contributed by atoms with Crippen LogP contribution in [0.15, 0.2) is 0 Å². The quantitative estimate of drug-likeness (QED) is 0.202. The highest BCUT2D eigenvalue weighted by atomic mass is 16.7. The van der Waals surface area contributed by atoms with Gasteiger partial charge in [-0.1, -0.05) is 53.4 Å². The average molecular weight is 421 g/mol. The van der Waals surface area contributed by atoms with E-state index in [1.165, 1.54) is 0 Å². The van der Waals surface area contributed by atoms with Gasteiger partial charge in [-0.2, -0.15) is 0 Å². The van der Waals surface area contributed by atoms with Crippen molar-refractivity contribution in [1.29, 1.82) is 0 Å².